The topological polar surface area (TPSA) is 63.2 Å². The van der Waals surface area contributed by atoms with Gasteiger partial charge in [-0.2, -0.15) is 0 Å². The highest BCUT2D eigenvalue weighted by atomic mass is 32.2. The first kappa shape index (κ1) is 14.4. The number of hydrogen-bond donors (Lipinski definition) is 1. The summed E-state index contributed by atoms with van der Waals surface area (Å²) in [6.45, 7) is 1.88. The molecule has 1 saturated heterocycles. The first-order valence-corrected chi connectivity index (χ1v) is 9.12. The van der Waals surface area contributed by atoms with Crippen molar-refractivity contribution >= 4 is 27.5 Å². The van der Waals surface area contributed by atoms with Crippen molar-refractivity contribution in [1.82, 2.24) is 5.32 Å². The third kappa shape index (κ3) is 3.51. The number of hydrogen-bond acceptors (Lipinski definition) is 4. The number of carbonyl (C=O) groups is 1. The van der Waals surface area contributed by atoms with Gasteiger partial charge in [-0.1, -0.05) is 6.07 Å². The summed E-state index contributed by atoms with van der Waals surface area (Å²) in [6.07, 6.45) is 2.46. The van der Waals surface area contributed by atoms with E-state index in [4.69, 9.17) is 0 Å². The molecular weight excluding hydrogens is 282 g/mol. The van der Waals surface area contributed by atoms with Crippen LogP contribution in [0.2, 0.25) is 0 Å². The van der Waals surface area contributed by atoms with Crippen molar-refractivity contribution in [2.24, 2.45) is 0 Å². The summed E-state index contributed by atoms with van der Waals surface area (Å²) in [4.78, 5) is 13.2. The average Bonchev–Trinajstić information content (AvgIpc) is 2.69. The van der Waals surface area contributed by atoms with Gasteiger partial charge in [0.2, 0.25) is 0 Å². The second kappa shape index (κ2) is 5.54. The second-order valence-electron chi connectivity index (χ2n) is 4.75. The minimum absolute atomic E-state index is 0.0556. The Bertz CT molecular complexity index is 596. The molecule has 1 N–H and O–H groups in total. The summed E-state index contributed by atoms with van der Waals surface area (Å²) in [5.74, 6) is 0.0393. The van der Waals surface area contributed by atoms with E-state index in [-0.39, 0.29) is 23.5 Å². The van der Waals surface area contributed by atoms with E-state index < -0.39 is 9.84 Å². The average molecular weight is 299 g/mol. The van der Waals surface area contributed by atoms with E-state index in [1.807, 2.05) is 31.4 Å². The number of carbonyl (C=O) groups excluding carboxylic acids is 1. The lowest BCUT2D eigenvalue weighted by Gasteiger charge is -2.13. The number of thioether (sulfide) groups is 1. The minimum atomic E-state index is -2.97. The molecule has 1 aromatic carbocycles. The maximum Gasteiger partial charge on any atom is 0.251 e. The van der Waals surface area contributed by atoms with E-state index in [2.05, 4.69) is 5.32 Å². The van der Waals surface area contributed by atoms with Crippen LogP contribution in [0.15, 0.2) is 23.1 Å². The molecule has 4 nitrogen and oxygen atoms in total. The molecule has 0 bridgehead atoms. The largest absolute Gasteiger partial charge is 0.348 e. The number of sulfone groups is 1. The van der Waals surface area contributed by atoms with Crippen LogP contribution in [-0.2, 0) is 9.84 Å². The van der Waals surface area contributed by atoms with E-state index in [0.717, 1.165) is 10.5 Å². The van der Waals surface area contributed by atoms with Gasteiger partial charge in [-0.25, -0.2) is 8.42 Å². The molecule has 0 saturated carbocycles. The lowest BCUT2D eigenvalue weighted by molar-refractivity contribution is 0.0940. The van der Waals surface area contributed by atoms with Crippen LogP contribution in [-0.4, -0.2) is 38.1 Å². The zero-order valence-corrected chi connectivity index (χ0v) is 12.6. The molecule has 19 heavy (non-hydrogen) atoms. The Morgan fingerprint density at radius 1 is 1.42 bits per heavy atom. The van der Waals surface area contributed by atoms with Crippen LogP contribution in [0, 0.1) is 6.92 Å². The molecule has 0 aromatic heterocycles. The lowest BCUT2D eigenvalue weighted by Crippen LogP contribution is -2.35. The molecule has 1 aromatic rings. The van der Waals surface area contributed by atoms with Gasteiger partial charge < -0.3 is 5.32 Å². The Balaban J connectivity index is 2.12. The van der Waals surface area contributed by atoms with Crippen molar-refractivity contribution < 1.29 is 13.2 Å². The molecule has 1 aliphatic rings. The molecule has 0 radical (unpaired) electrons. The highest BCUT2D eigenvalue weighted by Gasteiger charge is 2.29. The normalized spacial score (nSPS) is 21.3. The van der Waals surface area contributed by atoms with Crippen molar-refractivity contribution in [2.45, 2.75) is 24.3 Å². The Morgan fingerprint density at radius 3 is 2.74 bits per heavy atom. The minimum Gasteiger partial charge on any atom is -0.348 e. The second-order valence-corrected chi connectivity index (χ2v) is 7.86. The fraction of sp³-hybridized carbons (Fsp3) is 0.462. The van der Waals surface area contributed by atoms with Crippen molar-refractivity contribution in [1.29, 1.82) is 0 Å². The molecule has 1 amide bonds. The molecule has 0 aliphatic carbocycles. The van der Waals surface area contributed by atoms with Gasteiger partial charge in [-0.05, 0) is 37.3 Å². The fourth-order valence-corrected chi connectivity index (χ4v) is 4.26. The highest BCUT2D eigenvalue weighted by molar-refractivity contribution is 7.98. The third-order valence-corrected chi connectivity index (χ3v) is 5.75. The summed E-state index contributed by atoms with van der Waals surface area (Å²) in [7, 11) is -2.97. The number of rotatable bonds is 3. The van der Waals surface area contributed by atoms with Crippen molar-refractivity contribution in [3.05, 3.63) is 29.3 Å². The Kier molecular flexibility index (Phi) is 4.20. The Labute approximate surface area is 117 Å². The molecule has 1 atom stereocenters. The quantitative estimate of drug-likeness (QED) is 0.862. The predicted octanol–water partition coefficient (Wildman–Crippen LogP) is 1.63. The molecular formula is C13H17NO3S2. The van der Waals surface area contributed by atoms with Crippen LogP contribution >= 0.6 is 11.8 Å². The fourth-order valence-electron chi connectivity index (χ4n) is 2.14. The number of benzene rings is 1. The van der Waals surface area contributed by atoms with Crippen LogP contribution in [0.25, 0.3) is 0 Å². The first-order valence-electron chi connectivity index (χ1n) is 6.07. The summed E-state index contributed by atoms with van der Waals surface area (Å²) in [5.41, 5.74) is 1.52. The van der Waals surface area contributed by atoms with Gasteiger partial charge in [-0.3, -0.25) is 4.79 Å². The zero-order valence-electron chi connectivity index (χ0n) is 11.0. The molecule has 1 aliphatic heterocycles. The molecule has 0 spiro atoms. The standard InChI is InChI=1S/C13H17NO3S2/c1-9-3-4-11(18-2)7-12(9)13(15)14-10-5-6-19(16,17)8-10/h3-4,7,10H,5-6,8H2,1-2H3,(H,14,15)/t10-/m1/s1. The van der Waals surface area contributed by atoms with Crippen molar-refractivity contribution in [3.63, 3.8) is 0 Å². The van der Waals surface area contributed by atoms with Crippen LogP contribution in [0.3, 0.4) is 0 Å². The van der Waals surface area contributed by atoms with Crippen LogP contribution in [0.5, 0.6) is 0 Å². The monoisotopic (exact) mass is 299 g/mol. The number of aryl methyl sites for hydroxylation is 1. The summed E-state index contributed by atoms with van der Waals surface area (Å²) in [6, 6.07) is 5.47. The van der Waals surface area contributed by atoms with E-state index in [9.17, 15) is 13.2 Å². The van der Waals surface area contributed by atoms with Crippen LogP contribution in [0.4, 0.5) is 0 Å². The van der Waals surface area contributed by atoms with Gasteiger partial charge in [0.1, 0.15) is 0 Å². The number of nitrogens with one attached hydrogen (secondary N) is 1. The number of amides is 1. The molecule has 0 unspecified atom stereocenters. The third-order valence-electron chi connectivity index (χ3n) is 3.26. The van der Waals surface area contributed by atoms with E-state index in [1.165, 1.54) is 0 Å². The van der Waals surface area contributed by atoms with Gasteiger partial charge in [0.25, 0.3) is 5.91 Å². The van der Waals surface area contributed by atoms with Gasteiger partial charge in [0, 0.05) is 16.5 Å². The molecule has 2 rings (SSSR count). The van der Waals surface area contributed by atoms with Crippen molar-refractivity contribution in [3.8, 4) is 0 Å². The maximum absolute atomic E-state index is 12.2. The SMILES string of the molecule is CSc1ccc(C)c(C(=O)N[C@@H]2CCS(=O)(=O)C2)c1. The summed E-state index contributed by atoms with van der Waals surface area (Å²) >= 11 is 1.58. The van der Waals surface area contributed by atoms with Crippen LogP contribution < -0.4 is 5.32 Å². The smallest absolute Gasteiger partial charge is 0.251 e. The predicted molar refractivity (Wildman–Crippen MR) is 77.5 cm³/mol. The molecule has 104 valence electrons. The maximum atomic E-state index is 12.2. The Hall–Kier alpha value is -1.01. The van der Waals surface area contributed by atoms with Gasteiger partial charge in [0.15, 0.2) is 9.84 Å². The molecule has 1 heterocycles. The zero-order chi connectivity index (χ0) is 14.0. The van der Waals surface area contributed by atoms with E-state index >= 15 is 0 Å². The highest BCUT2D eigenvalue weighted by Crippen LogP contribution is 2.20. The van der Waals surface area contributed by atoms with E-state index in [1.54, 1.807) is 11.8 Å². The van der Waals surface area contributed by atoms with Gasteiger partial charge in [0.05, 0.1) is 11.5 Å². The van der Waals surface area contributed by atoms with Crippen molar-refractivity contribution in [2.75, 3.05) is 17.8 Å². The van der Waals surface area contributed by atoms with Gasteiger partial charge >= 0.3 is 0 Å². The van der Waals surface area contributed by atoms with Gasteiger partial charge in [-0.15, -0.1) is 11.8 Å². The summed E-state index contributed by atoms with van der Waals surface area (Å²) < 4.78 is 22.7. The van der Waals surface area contributed by atoms with E-state index in [0.29, 0.717) is 12.0 Å². The first-order chi connectivity index (χ1) is 8.91. The molecule has 1 fully saturated rings. The summed E-state index contributed by atoms with van der Waals surface area (Å²) in [5, 5.41) is 2.82. The molecule has 6 heteroatoms. The Morgan fingerprint density at radius 2 is 2.16 bits per heavy atom. The lowest BCUT2D eigenvalue weighted by atomic mass is 10.1. The van der Waals surface area contributed by atoms with Crippen LogP contribution in [0.1, 0.15) is 22.3 Å².